The number of amides is 6. The Bertz CT molecular complexity index is 7000. The largest absolute Gasteiger partial charge is 0.497 e. The SMILES string of the molecule is COc1ccc2c(c1)C1CC1(C(=O)N1CCN3CCC[C@H]3C1)Cn1c-2c(C2CCCCC2)c2ccc(C(=O)NS(=O)(=O)C3CC3)cc21.COc1ccc2c(c1)C1CC1(C(=O)N1CCN3CCC[C@H]3C1)Cn1c-2c(C2CCCCC2)c2ccc(C(=O)NS(=O)(=O)N3CCOCC3)cc21.COc1ccc2c(c1)C1CC1(C(=O)N1CCN3CCC[C@H]3C1)Cn1c-2c(C2CCCCC2)c2ccc(C(=O)NS(C)(=O)=O)cc21. The molecule has 7 saturated heterocycles. The molecule has 0 bridgehead atoms. The number of sulfonamides is 2. The molecule has 6 amide bonds. The number of benzene rings is 6. The third-order valence-electron chi connectivity index (χ3n) is 36.3. The van der Waals surface area contributed by atoms with Crippen LogP contribution >= 0.6 is 0 Å². The third-order valence-corrected chi connectivity index (χ3v) is 40.1. The van der Waals surface area contributed by atoms with Crippen LogP contribution in [0.25, 0.3) is 66.5 Å². The molecular formula is C110H133N13O16S3. The zero-order chi connectivity index (χ0) is 97.4. The first kappa shape index (κ1) is 94.1. The van der Waals surface area contributed by atoms with E-state index in [1.165, 1.54) is 115 Å². The van der Waals surface area contributed by atoms with Gasteiger partial charge in [-0.15, -0.1) is 0 Å². The van der Waals surface area contributed by atoms with E-state index in [0.29, 0.717) is 92.7 Å². The Kier molecular flexibility index (Phi) is 24.2. The second-order valence-corrected chi connectivity index (χ2v) is 49.8. The quantitative estimate of drug-likeness (QED) is 0.0762. The van der Waals surface area contributed by atoms with E-state index in [9.17, 15) is 54.0 Å². The van der Waals surface area contributed by atoms with Crippen LogP contribution in [0.4, 0.5) is 0 Å². The van der Waals surface area contributed by atoms with Crippen LogP contribution in [0.2, 0.25) is 0 Å². The number of rotatable bonds is 17. The molecule has 14 fully saturated rings. The summed E-state index contributed by atoms with van der Waals surface area (Å²) in [7, 11) is -6.34. The van der Waals surface area contributed by atoms with E-state index >= 15 is 0 Å². The van der Waals surface area contributed by atoms with Crippen molar-refractivity contribution in [2.45, 2.75) is 245 Å². The van der Waals surface area contributed by atoms with Crippen LogP contribution in [-0.2, 0) is 69.0 Å². The monoisotopic (exact) mass is 1990 g/mol. The predicted octanol–water partition coefficient (Wildman–Crippen LogP) is 14.7. The van der Waals surface area contributed by atoms with Gasteiger partial charge in [0.1, 0.15) is 17.2 Å². The van der Waals surface area contributed by atoms with Crippen molar-refractivity contribution < 1.29 is 73.0 Å². The van der Waals surface area contributed by atoms with Gasteiger partial charge in [-0.2, -0.15) is 12.7 Å². The molecule has 9 atom stereocenters. The number of hydrogen-bond acceptors (Lipinski definition) is 19. The van der Waals surface area contributed by atoms with Crippen molar-refractivity contribution in [1.82, 2.24) is 61.6 Å². The number of ether oxygens (including phenoxy) is 4. The summed E-state index contributed by atoms with van der Waals surface area (Å²) in [6, 6.07) is 37.3. The van der Waals surface area contributed by atoms with Crippen molar-refractivity contribution >= 4 is 98.4 Å². The average molecular weight is 1990 g/mol. The Morgan fingerprint density at radius 3 is 1.01 bits per heavy atom. The van der Waals surface area contributed by atoms with Crippen molar-refractivity contribution in [3.8, 4) is 51.0 Å². The minimum atomic E-state index is -4.03. The van der Waals surface area contributed by atoms with E-state index in [1.807, 2.05) is 54.6 Å². The van der Waals surface area contributed by atoms with Gasteiger partial charge in [-0.25, -0.2) is 31.0 Å². The van der Waals surface area contributed by atoms with Crippen molar-refractivity contribution in [2.24, 2.45) is 16.2 Å². The molecule has 17 aliphatic rings. The standard InChI is InChI=1S/C38H47N5O6S.C37H44N4O5S.C35H42N4O5S/c1-48-28-10-12-29-31(21-28)32-22-38(32,37(45)41-15-14-40-13-5-8-27(40)23-41)24-43-33-20-26(36(44)39-50(46,47)42-16-18-49-19-17-42)9-11-30(33)34(35(29)43)25-6-3-2-4-7-25;1-46-26-10-14-28-30(19-26)31-20-37(31,36(43)40-17-16-39-15-5-8-25(39)21-40)22-41-32-18-24(35(42)38-47(44,45)27-11-12-27)9-13-29(32)33(34(28)41)23-6-3-2-4-7-23;1-44-25-11-13-26-28(18-25)29-19-35(29,34(41)38-16-15-37-14-6-9-24(37)20-38)21-39-30-17-23(33(40)36-45(2,42)43)10-12-27(30)31(32(26)39)22-7-4-3-5-8-22/h9-12,20-21,25,27,32H,2-8,13-19,22-24H2,1H3,(H,39,44);9-10,13-14,18-19,23,25,27,31H,2-8,11-12,15-17,20-22H2,1H3,(H,38,42);10-13,17-18,22,24,29H,3-9,14-16,19-21H2,1-2H3,(H,36,40)/t27-,32?,38?;25-,31?,37?;24-,29?,35?/m000/s1. The van der Waals surface area contributed by atoms with Crippen molar-refractivity contribution in [3.05, 3.63) is 159 Å². The first-order valence-corrected chi connectivity index (χ1v) is 57.7. The molecule has 32 heteroatoms. The normalized spacial score (nSPS) is 27.0. The van der Waals surface area contributed by atoms with E-state index in [2.05, 4.69) is 93.7 Å². The maximum Gasteiger partial charge on any atom is 0.304 e. The van der Waals surface area contributed by atoms with Crippen LogP contribution in [0.5, 0.6) is 17.2 Å². The van der Waals surface area contributed by atoms with Crippen LogP contribution < -0.4 is 28.4 Å². The van der Waals surface area contributed by atoms with E-state index in [4.69, 9.17) is 18.9 Å². The number of carbonyl (C=O) groups excluding carboxylic acids is 6. The highest BCUT2D eigenvalue weighted by Crippen LogP contribution is 2.70. The van der Waals surface area contributed by atoms with E-state index in [0.717, 1.165) is 246 Å². The second kappa shape index (κ2) is 36.5. The Morgan fingerprint density at radius 1 is 0.359 bits per heavy atom. The van der Waals surface area contributed by atoms with Gasteiger partial charge in [-0.3, -0.25) is 43.5 Å². The van der Waals surface area contributed by atoms with Crippen LogP contribution in [0.1, 0.15) is 267 Å². The van der Waals surface area contributed by atoms with Gasteiger partial charge in [0.05, 0.1) is 79.4 Å². The lowest BCUT2D eigenvalue weighted by atomic mass is 9.81. The first-order valence-electron chi connectivity index (χ1n) is 52.8. The zero-order valence-electron chi connectivity index (χ0n) is 82.2. The summed E-state index contributed by atoms with van der Waals surface area (Å²) in [5, 5.41) is 2.81. The summed E-state index contributed by atoms with van der Waals surface area (Å²) in [4.78, 5) is 98.6. The molecule has 26 rings (SSSR count). The molecule has 7 saturated carbocycles. The summed E-state index contributed by atoms with van der Waals surface area (Å²) in [6.45, 7) is 13.4. The van der Waals surface area contributed by atoms with Gasteiger partial charge in [0.25, 0.3) is 17.7 Å². The van der Waals surface area contributed by atoms with Crippen LogP contribution in [0.3, 0.4) is 0 Å². The molecule has 6 aromatic carbocycles. The Balaban J connectivity index is 0.000000115. The van der Waals surface area contributed by atoms with Crippen LogP contribution in [0.15, 0.2) is 109 Å². The summed E-state index contributed by atoms with van der Waals surface area (Å²) in [6.07, 6.45) is 29.0. The maximum atomic E-state index is 14.9. The van der Waals surface area contributed by atoms with E-state index in [1.54, 1.807) is 39.5 Å². The van der Waals surface area contributed by atoms with Gasteiger partial charge in [-0.1, -0.05) is 76.0 Å². The molecule has 3 aromatic heterocycles. The van der Waals surface area contributed by atoms with Crippen LogP contribution in [-0.4, -0.2) is 264 Å². The molecule has 7 aliphatic carbocycles. The zero-order valence-corrected chi connectivity index (χ0v) is 84.7. The highest BCUT2D eigenvalue weighted by atomic mass is 32.2. The Labute approximate surface area is 832 Å². The number of hydrogen-bond donors (Lipinski definition) is 3. The molecule has 142 heavy (non-hydrogen) atoms. The number of carbonyl (C=O) groups is 6. The Morgan fingerprint density at radius 2 is 0.690 bits per heavy atom. The number of nitrogens with zero attached hydrogens (tertiary/aromatic N) is 10. The van der Waals surface area contributed by atoms with Gasteiger partial charge in [-0.05, 0) is 271 Å². The molecule has 13 heterocycles. The fourth-order valence-electron chi connectivity index (χ4n) is 28.6. The average Bonchev–Trinajstić information content (AvgIpc) is 1.52. The maximum absolute atomic E-state index is 14.9. The van der Waals surface area contributed by atoms with Gasteiger partial charge < -0.3 is 47.3 Å². The second-order valence-electron chi connectivity index (χ2n) is 44.4. The van der Waals surface area contributed by atoms with Crippen molar-refractivity contribution in [2.75, 3.05) is 132 Å². The minimum absolute atomic E-state index is 0.0704. The molecular weight excluding hydrogens is 1860 g/mol. The fourth-order valence-corrected chi connectivity index (χ4v) is 31.5. The lowest BCUT2D eigenvalue weighted by Gasteiger charge is -2.39. The molecule has 9 aromatic rings. The molecule has 6 unspecified atom stereocenters. The van der Waals surface area contributed by atoms with E-state index < -0.39 is 69.5 Å². The van der Waals surface area contributed by atoms with Crippen molar-refractivity contribution in [3.63, 3.8) is 0 Å². The Hall–Kier alpha value is -10.2. The lowest BCUT2D eigenvalue weighted by molar-refractivity contribution is -0.141. The highest BCUT2D eigenvalue weighted by Gasteiger charge is 2.68. The van der Waals surface area contributed by atoms with Gasteiger partial charge in [0, 0.05) is 194 Å². The third kappa shape index (κ3) is 16.5. The summed E-state index contributed by atoms with van der Waals surface area (Å²) in [5.74, 6) is 2.59. The van der Waals surface area contributed by atoms with Gasteiger partial charge in [0.2, 0.25) is 37.8 Å². The fraction of sp³-hybridized carbons (Fsp3) is 0.564. The minimum Gasteiger partial charge on any atom is -0.497 e. The molecule has 10 aliphatic heterocycles. The van der Waals surface area contributed by atoms with Crippen molar-refractivity contribution in [1.29, 1.82) is 0 Å². The first-order chi connectivity index (χ1) is 68.7. The molecule has 752 valence electrons. The van der Waals surface area contributed by atoms with E-state index in [-0.39, 0.29) is 54.1 Å². The number of morpholine rings is 1. The lowest BCUT2D eigenvalue weighted by Crippen LogP contribution is -2.54. The summed E-state index contributed by atoms with van der Waals surface area (Å²) in [5.41, 5.74) is 16.2. The number of aromatic nitrogens is 3. The number of piperazine rings is 3. The molecule has 29 nitrogen and oxygen atoms in total. The smallest absolute Gasteiger partial charge is 0.304 e. The predicted molar refractivity (Wildman–Crippen MR) is 543 cm³/mol. The number of methoxy groups -OCH3 is 3. The molecule has 0 spiro atoms. The number of fused-ring (bicyclic) bond motifs is 24. The van der Waals surface area contributed by atoms with Gasteiger partial charge in [0.15, 0.2) is 0 Å². The highest BCUT2D eigenvalue weighted by molar-refractivity contribution is 7.91. The topological polar surface area (TPSA) is 315 Å². The molecule has 3 N–H and O–H groups in total. The van der Waals surface area contributed by atoms with Gasteiger partial charge >= 0.3 is 10.2 Å². The number of nitrogens with one attached hydrogen (secondary N) is 3. The summed E-state index contributed by atoms with van der Waals surface area (Å²) < 4.78 is 113. The summed E-state index contributed by atoms with van der Waals surface area (Å²) >= 11 is 0. The van der Waals surface area contributed by atoms with Crippen LogP contribution in [0, 0.1) is 16.2 Å². The molecule has 0 radical (unpaired) electrons.